The Bertz CT molecular complexity index is 929. The highest BCUT2D eigenvalue weighted by Gasteiger charge is 2.42. The van der Waals surface area contributed by atoms with Gasteiger partial charge in [-0.1, -0.05) is 11.6 Å². The van der Waals surface area contributed by atoms with E-state index < -0.39 is 5.97 Å². The number of carbonyl (C=O) groups is 2. The summed E-state index contributed by atoms with van der Waals surface area (Å²) in [4.78, 5) is 24.9. The standard InChI is InChI=1S/C22H29N3O4/c1-12-7-19(15(4)25(12)20-8-13(2)29-24-20)22(27)28-11-21(26)23-14(3)18-10-16-5-6-17(18)9-16/h7-8,14,16-18H,5-6,9-11H2,1-4H3,(H,23,26)/t14-,16-,17-,18+/m0/s1. The molecule has 2 aromatic rings. The molecule has 1 N–H and O–H groups in total. The van der Waals surface area contributed by atoms with Crippen molar-refractivity contribution in [3.63, 3.8) is 0 Å². The van der Waals surface area contributed by atoms with Crippen LogP contribution in [0.5, 0.6) is 0 Å². The SMILES string of the molecule is Cc1cc(-n2c(C)cc(C(=O)OCC(=O)N[C@@H](C)[C@H]3C[C@H]4CC[C@H]3C4)c2C)no1. The Labute approximate surface area is 170 Å². The Balaban J connectivity index is 1.34. The predicted octanol–water partition coefficient (Wildman–Crippen LogP) is 3.49. The highest BCUT2D eigenvalue weighted by atomic mass is 16.5. The molecule has 2 saturated carbocycles. The minimum atomic E-state index is -0.507. The molecule has 29 heavy (non-hydrogen) atoms. The van der Waals surface area contributed by atoms with Crippen LogP contribution in [0.15, 0.2) is 16.7 Å². The average Bonchev–Trinajstić information content (AvgIpc) is 3.45. The van der Waals surface area contributed by atoms with Crippen LogP contribution in [0.4, 0.5) is 0 Å². The van der Waals surface area contributed by atoms with E-state index in [4.69, 9.17) is 9.26 Å². The van der Waals surface area contributed by atoms with E-state index in [1.54, 1.807) is 12.1 Å². The van der Waals surface area contributed by atoms with Gasteiger partial charge in [-0.25, -0.2) is 4.79 Å². The van der Waals surface area contributed by atoms with E-state index in [0.29, 0.717) is 28.8 Å². The normalized spacial score (nSPS) is 23.9. The van der Waals surface area contributed by atoms with E-state index in [0.717, 1.165) is 17.5 Å². The molecule has 2 heterocycles. The first-order valence-corrected chi connectivity index (χ1v) is 10.4. The van der Waals surface area contributed by atoms with Gasteiger partial charge >= 0.3 is 5.97 Å². The van der Waals surface area contributed by atoms with Gasteiger partial charge in [0, 0.05) is 23.5 Å². The molecule has 0 unspecified atom stereocenters. The van der Waals surface area contributed by atoms with Crippen molar-refractivity contribution in [2.75, 3.05) is 6.61 Å². The summed E-state index contributed by atoms with van der Waals surface area (Å²) in [6, 6.07) is 3.67. The van der Waals surface area contributed by atoms with Gasteiger partial charge in [-0.3, -0.25) is 9.36 Å². The highest BCUT2D eigenvalue weighted by molar-refractivity contribution is 5.93. The summed E-state index contributed by atoms with van der Waals surface area (Å²) in [5.74, 6) is 2.70. The fourth-order valence-electron chi connectivity index (χ4n) is 5.30. The summed E-state index contributed by atoms with van der Waals surface area (Å²) in [5, 5.41) is 7.04. The minimum absolute atomic E-state index is 0.122. The van der Waals surface area contributed by atoms with Crippen LogP contribution in [-0.4, -0.2) is 34.2 Å². The van der Waals surface area contributed by atoms with Crippen molar-refractivity contribution >= 4 is 11.9 Å². The van der Waals surface area contributed by atoms with E-state index >= 15 is 0 Å². The van der Waals surface area contributed by atoms with Crippen LogP contribution in [0, 0.1) is 38.5 Å². The quantitative estimate of drug-likeness (QED) is 0.752. The first kappa shape index (κ1) is 19.7. The van der Waals surface area contributed by atoms with Gasteiger partial charge in [0.1, 0.15) is 5.76 Å². The molecule has 0 aliphatic heterocycles. The van der Waals surface area contributed by atoms with Crippen molar-refractivity contribution < 1.29 is 18.8 Å². The molecule has 4 rings (SSSR count). The number of esters is 1. The number of hydrogen-bond donors (Lipinski definition) is 1. The molecule has 1 amide bonds. The van der Waals surface area contributed by atoms with Crippen LogP contribution in [0.1, 0.15) is 60.1 Å². The minimum Gasteiger partial charge on any atom is -0.452 e. The summed E-state index contributed by atoms with van der Waals surface area (Å²) in [5.41, 5.74) is 1.98. The van der Waals surface area contributed by atoms with Crippen LogP contribution in [0.25, 0.3) is 5.82 Å². The molecule has 2 fully saturated rings. The Hall–Kier alpha value is -2.57. The molecule has 2 bridgehead atoms. The second kappa shape index (κ2) is 7.69. The first-order valence-electron chi connectivity index (χ1n) is 10.4. The number of hydrogen-bond acceptors (Lipinski definition) is 5. The second-order valence-corrected chi connectivity index (χ2v) is 8.69. The van der Waals surface area contributed by atoms with Gasteiger partial charge < -0.3 is 14.6 Å². The maximum absolute atomic E-state index is 12.6. The third-order valence-electron chi connectivity index (χ3n) is 6.65. The zero-order valence-corrected chi connectivity index (χ0v) is 17.5. The molecule has 0 aromatic carbocycles. The largest absolute Gasteiger partial charge is 0.452 e. The zero-order valence-electron chi connectivity index (χ0n) is 17.5. The van der Waals surface area contributed by atoms with Gasteiger partial charge in [-0.05, 0) is 70.8 Å². The molecule has 2 aliphatic carbocycles. The Morgan fingerprint density at radius 3 is 2.69 bits per heavy atom. The molecule has 156 valence electrons. The molecule has 0 radical (unpaired) electrons. The number of rotatable bonds is 6. The monoisotopic (exact) mass is 399 g/mol. The van der Waals surface area contributed by atoms with Crippen molar-refractivity contribution in [2.45, 2.75) is 59.4 Å². The number of ether oxygens (including phenoxy) is 1. The van der Waals surface area contributed by atoms with Gasteiger partial charge in [-0.15, -0.1) is 0 Å². The Morgan fingerprint density at radius 1 is 1.28 bits per heavy atom. The molecular formula is C22H29N3O4. The maximum atomic E-state index is 12.6. The van der Waals surface area contributed by atoms with Crippen LogP contribution < -0.4 is 5.32 Å². The summed E-state index contributed by atoms with van der Waals surface area (Å²) in [6.45, 7) is 7.33. The van der Waals surface area contributed by atoms with E-state index in [1.165, 1.54) is 25.7 Å². The molecule has 2 aromatic heterocycles. The van der Waals surface area contributed by atoms with Crippen molar-refractivity contribution in [1.82, 2.24) is 15.0 Å². The predicted molar refractivity (Wildman–Crippen MR) is 107 cm³/mol. The van der Waals surface area contributed by atoms with Gasteiger partial charge in [0.25, 0.3) is 5.91 Å². The average molecular weight is 399 g/mol. The molecule has 0 spiro atoms. The number of carbonyl (C=O) groups excluding carboxylic acids is 2. The topological polar surface area (TPSA) is 86.4 Å². The number of aromatic nitrogens is 2. The third kappa shape index (κ3) is 3.82. The van der Waals surface area contributed by atoms with Crippen LogP contribution in [0.2, 0.25) is 0 Å². The second-order valence-electron chi connectivity index (χ2n) is 8.69. The summed E-state index contributed by atoms with van der Waals surface area (Å²) < 4.78 is 12.3. The lowest BCUT2D eigenvalue weighted by atomic mass is 9.84. The fraction of sp³-hybridized carbons (Fsp3) is 0.591. The maximum Gasteiger partial charge on any atom is 0.340 e. The molecule has 4 atom stereocenters. The number of aryl methyl sites for hydroxylation is 2. The fourth-order valence-corrected chi connectivity index (χ4v) is 5.30. The van der Waals surface area contributed by atoms with E-state index in [2.05, 4.69) is 17.4 Å². The van der Waals surface area contributed by atoms with E-state index in [1.807, 2.05) is 25.3 Å². The lowest BCUT2D eigenvalue weighted by Crippen LogP contribution is -2.42. The summed E-state index contributed by atoms with van der Waals surface area (Å²) in [7, 11) is 0. The van der Waals surface area contributed by atoms with Crippen molar-refractivity contribution in [2.24, 2.45) is 17.8 Å². The molecule has 7 nitrogen and oxygen atoms in total. The molecule has 0 saturated heterocycles. The van der Waals surface area contributed by atoms with Crippen molar-refractivity contribution in [3.05, 3.63) is 34.8 Å². The third-order valence-corrected chi connectivity index (χ3v) is 6.65. The van der Waals surface area contributed by atoms with Gasteiger partial charge in [-0.2, -0.15) is 0 Å². The van der Waals surface area contributed by atoms with Gasteiger partial charge in [0.15, 0.2) is 12.4 Å². The number of nitrogens with one attached hydrogen (secondary N) is 1. The summed E-state index contributed by atoms with van der Waals surface area (Å²) >= 11 is 0. The number of nitrogens with zero attached hydrogens (tertiary/aromatic N) is 2. The van der Waals surface area contributed by atoms with E-state index in [9.17, 15) is 9.59 Å². The highest BCUT2D eigenvalue weighted by Crippen LogP contribution is 2.49. The molecule has 7 heteroatoms. The van der Waals surface area contributed by atoms with Crippen LogP contribution >= 0.6 is 0 Å². The van der Waals surface area contributed by atoms with Crippen LogP contribution in [-0.2, 0) is 9.53 Å². The summed E-state index contributed by atoms with van der Waals surface area (Å²) in [6.07, 6.45) is 5.14. The molecule has 2 aliphatic rings. The van der Waals surface area contributed by atoms with Crippen LogP contribution in [0.3, 0.4) is 0 Å². The number of fused-ring (bicyclic) bond motifs is 2. The zero-order chi connectivity index (χ0) is 20.7. The van der Waals surface area contributed by atoms with Crippen molar-refractivity contribution in [3.8, 4) is 5.82 Å². The molecular weight excluding hydrogens is 370 g/mol. The smallest absolute Gasteiger partial charge is 0.340 e. The number of amides is 1. The lowest BCUT2D eigenvalue weighted by Gasteiger charge is -2.28. The Morgan fingerprint density at radius 2 is 2.07 bits per heavy atom. The van der Waals surface area contributed by atoms with Gasteiger partial charge in [0.05, 0.1) is 5.56 Å². The van der Waals surface area contributed by atoms with Gasteiger partial charge in [0.2, 0.25) is 0 Å². The van der Waals surface area contributed by atoms with Crippen molar-refractivity contribution in [1.29, 1.82) is 0 Å². The van der Waals surface area contributed by atoms with E-state index in [-0.39, 0.29) is 18.6 Å². The lowest BCUT2D eigenvalue weighted by molar-refractivity contribution is -0.125. The first-order chi connectivity index (χ1) is 13.8. The Kier molecular flexibility index (Phi) is 5.23.